The van der Waals surface area contributed by atoms with Gasteiger partial charge in [0.1, 0.15) is 0 Å². The third-order valence-electron chi connectivity index (χ3n) is 4.32. The van der Waals surface area contributed by atoms with E-state index in [2.05, 4.69) is 12.2 Å². The van der Waals surface area contributed by atoms with Crippen molar-refractivity contribution >= 4 is 5.91 Å². The average Bonchev–Trinajstić information content (AvgIpc) is 3.07. The van der Waals surface area contributed by atoms with Gasteiger partial charge in [0.25, 0.3) is 0 Å². The van der Waals surface area contributed by atoms with Crippen LogP contribution >= 0.6 is 0 Å². The van der Waals surface area contributed by atoms with E-state index in [4.69, 9.17) is 5.73 Å². The van der Waals surface area contributed by atoms with Crippen molar-refractivity contribution in [3.63, 3.8) is 0 Å². The number of amides is 1. The fraction of sp³-hybridized carbons (Fsp3) is 0.923. The highest BCUT2D eigenvalue weighted by Crippen LogP contribution is 2.35. The number of nitrogens with two attached hydrogens (primary N) is 1. The fourth-order valence-corrected chi connectivity index (χ4v) is 3.00. The van der Waals surface area contributed by atoms with Crippen molar-refractivity contribution < 1.29 is 4.79 Å². The minimum absolute atomic E-state index is 0.192. The molecule has 2 rings (SSSR count). The molecule has 3 heteroatoms. The Bertz CT molecular complexity index is 254. The van der Waals surface area contributed by atoms with E-state index in [1.165, 1.54) is 25.7 Å². The highest BCUT2D eigenvalue weighted by Gasteiger charge is 2.39. The van der Waals surface area contributed by atoms with Gasteiger partial charge in [-0.3, -0.25) is 4.79 Å². The molecule has 0 radical (unpaired) electrons. The van der Waals surface area contributed by atoms with Gasteiger partial charge in [-0.2, -0.15) is 0 Å². The summed E-state index contributed by atoms with van der Waals surface area (Å²) < 4.78 is 0. The molecular weight excluding hydrogens is 200 g/mol. The highest BCUT2D eigenvalue weighted by molar-refractivity contribution is 5.79. The smallest absolute Gasteiger partial charge is 0.223 e. The van der Waals surface area contributed by atoms with Crippen LogP contribution in [0.2, 0.25) is 0 Å². The molecule has 1 amide bonds. The van der Waals surface area contributed by atoms with E-state index in [1.54, 1.807) is 0 Å². The largest absolute Gasteiger partial charge is 0.353 e. The van der Waals surface area contributed by atoms with Crippen LogP contribution in [0.4, 0.5) is 0 Å². The molecule has 2 fully saturated rings. The number of carbonyl (C=O) groups excluding carboxylic acids is 1. The quantitative estimate of drug-likeness (QED) is 0.763. The van der Waals surface area contributed by atoms with Gasteiger partial charge in [0.05, 0.1) is 0 Å². The Morgan fingerprint density at radius 3 is 2.69 bits per heavy atom. The summed E-state index contributed by atoms with van der Waals surface area (Å²) >= 11 is 0. The van der Waals surface area contributed by atoms with Crippen LogP contribution in [0, 0.1) is 17.8 Å². The molecule has 16 heavy (non-hydrogen) atoms. The van der Waals surface area contributed by atoms with Crippen LogP contribution in [0.25, 0.3) is 0 Å². The maximum atomic E-state index is 12.1. The first-order valence-corrected chi connectivity index (χ1v) is 6.76. The Kier molecular flexibility index (Phi) is 3.85. The number of nitrogens with one attached hydrogen (secondary N) is 1. The molecule has 0 bridgehead atoms. The van der Waals surface area contributed by atoms with Crippen LogP contribution in [-0.2, 0) is 4.79 Å². The molecule has 2 aliphatic rings. The van der Waals surface area contributed by atoms with E-state index in [9.17, 15) is 4.79 Å². The van der Waals surface area contributed by atoms with Gasteiger partial charge in [0.15, 0.2) is 0 Å². The Morgan fingerprint density at radius 1 is 1.31 bits per heavy atom. The molecule has 3 nitrogen and oxygen atoms in total. The molecule has 2 saturated carbocycles. The topological polar surface area (TPSA) is 55.1 Å². The van der Waals surface area contributed by atoms with Crippen LogP contribution in [0.1, 0.15) is 45.4 Å². The Hall–Kier alpha value is -0.570. The maximum absolute atomic E-state index is 12.1. The minimum Gasteiger partial charge on any atom is -0.353 e. The van der Waals surface area contributed by atoms with E-state index in [0.29, 0.717) is 18.5 Å². The summed E-state index contributed by atoms with van der Waals surface area (Å²) in [6.07, 6.45) is 6.98. The lowest BCUT2D eigenvalue weighted by Crippen LogP contribution is -2.40. The van der Waals surface area contributed by atoms with E-state index in [1.807, 2.05) is 0 Å². The summed E-state index contributed by atoms with van der Waals surface area (Å²) in [5.74, 6) is 1.63. The first kappa shape index (κ1) is 11.9. The first-order chi connectivity index (χ1) is 7.76. The Morgan fingerprint density at radius 2 is 2.06 bits per heavy atom. The SMILES string of the molecule is CCC1CC1NC(=O)C1CCCCC1CN. The first-order valence-electron chi connectivity index (χ1n) is 6.76. The normalized spacial score (nSPS) is 38.1. The van der Waals surface area contributed by atoms with Crippen LogP contribution in [0.3, 0.4) is 0 Å². The summed E-state index contributed by atoms with van der Waals surface area (Å²) in [6, 6.07) is 0.470. The van der Waals surface area contributed by atoms with Crippen LogP contribution in [0.5, 0.6) is 0 Å². The van der Waals surface area contributed by atoms with Crippen molar-refractivity contribution in [3.8, 4) is 0 Å². The van der Waals surface area contributed by atoms with E-state index >= 15 is 0 Å². The second kappa shape index (κ2) is 5.17. The zero-order valence-corrected chi connectivity index (χ0v) is 10.2. The lowest BCUT2D eigenvalue weighted by molar-refractivity contribution is -0.127. The number of carbonyl (C=O) groups is 1. The number of rotatable bonds is 4. The van der Waals surface area contributed by atoms with Crippen molar-refractivity contribution in [2.75, 3.05) is 6.54 Å². The Labute approximate surface area is 98.2 Å². The van der Waals surface area contributed by atoms with Gasteiger partial charge in [-0.1, -0.05) is 26.2 Å². The molecule has 0 saturated heterocycles. The van der Waals surface area contributed by atoms with E-state index in [-0.39, 0.29) is 11.8 Å². The summed E-state index contributed by atoms with van der Waals surface area (Å²) in [7, 11) is 0. The van der Waals surface area contributed by atoms with Crippen LogP contribution in [-0.4, -0.2) is 18.5 Å². The standard InChI is InChI=1S/C13H24N2O/c1-2-9-7-12(9)15-13(16)11-6-4-3-5-10(11)8-14/h9-12H,2-8,14H2,1H3,(H,15,16). The van der Waals surface area contributed by atoms with Gasteiger partial charge < -0.3 is 11.1 Å². The monoisotopic (exact) mass is 224 g/mol. The third kappa shape index (κ3) is 2.57. The molecule has 3 N–H and O–H groups in total. The predicted molar refractivity (Wildman–Crippen MR) is 64.8 cm³/mol. The summed E-state index contributed by atoms with van der Waals surface area (Å²) in [5, 5.41) is 3.19. The highest BCUT2D eigenvalue weighted by atomic mass is 16.2. The molecule has 4 unspecified atom stereocenters. The van der Waals surface area contributed by atoms with Gasteiger partial charge in [0, 0.05) is 12.0 Å². The van der Waals surface area contributed by atoms with E-state index < -0.39 is 0 Å². The Balaban J connectivity index is 1.83. The average molecular weight is 224 g/mol. The summed E-state index contributed by atoms with van der Waals surface area (Å²) in [4.78, 5) is 12.1. The fourth-order valence-electron chi connectivity index (χ4n) is 3.00. The molecule has 0 aliphatic heterocycles. The van der Waals surface area contributed by atoms with Crippen molar-refractivity contribution in [2.24, 2.45) is 23.5 Å². The summed E-state index contributed by atoms with van der Waals surface area (Å²) in [5.41, 5.74) is 5.75. The zero-order valence-electron chi connectivity index (χ0n) is 10.2. The second-order valence-electron chi connectivity index (χ2n) is 5.41. The molecule has 0 heterocycles. The van der Waals surface area contributed by atoms with Gasteiger partial charge in [0.2, 0.25) is 5.91 Å². The van der Waals surface area contributed by atoms with Gasteiger partial charge in [-0.25, -0.2) is 0 Å². The molecular formula is C13H24N2O. The van der Waals surface area contributed by atoms with Crippen molar-refractivity contribution in [3.05, 3.63) is 0 Å². The number of hydrogen-bond acceptors (Lipinski definition) is 2. The summed E-state index contributed by atoms with van der Waals surface area (Å²) in [6.45, 7) is 2.86. The van der Waals surface area contributed by atoms with Crippen molar-refractivity contribution in [2.45, 2.75) is 51.5 Å². The van der Waals surface area contributed by atoms with Gasteiger partial charge in [-0.15, -0.1) is 0 Å². The molecule has 0 aromatic carbocycles. The third-order valence-corrected chi connectivity index (χ3v) is 4.32. The van der Waals surface area contributed by atoms with Gasteiger partial charge in [-0.05, 0) is 37.6 Å². The predicted octanol–water partition coefficient (Wildman–Crippen LogP) is 1.67. The van der Waals surface area contributed by atoms with Crippen LogP contribution < -0.4 is 11.1 Å². The molecule has 92 valence electrons. The zero-order chi connectivity index (χ0) is 11.5. The van der Waals surface area contributed by atoms with Crippen LogP contribution in [0.15, 0.2) is 0 Å². The lowest BCUT2D eigenvalue weighted by Gasteiger charge is -2.29. The van der Waals surface area contributed by atoms with Crippen molar-refractivity contribution in [1.82, 2.24) is 5.32 Å². The molecule has 0 aromatic heterocycles. The lowest BCUT2D eigenvalue weighted by atomic mass is 9.79. The molecule has 4 atom stereocenters. The van der Waals surface area contributed by atoms with Gasteiger partial charge >= 0.3 is 0 Å². The molecule has 0 spiro atoms. The maximum Gasteiger partial charge on any atom is 0.223 e. The van der Waals surface area contributed by atoms with Crippen molar-refractivity contribution in [1.29, 1.82) is 0 Å². The number of hydrogen-bond donors (Lipinski definition) is 2. The second-order valence-corrected chi connectivity index (χ2v) is 5.41. The molecule has 0 aromatic rings. The minimum atomic E-state index is 0.192. The van der Waals surface area contributed by atoms with E-state index in [0.717, 1.165) is 18.8 Å². The molecule has 2 aliphatic carbocycles.